The Kier molecular flexibility index (Phi) is 7.11. The molecule has 2 rings (SSSR count). The molecule has 0 aliphatic heterocycles. The fraction of sp³-hybridized carbons (Fsp3) is 0.167. The number of carbonyl (C=O) groups is 1. The smallest absolute Gasteiger partial charge is 0.338 e. The predicted octanol–water partition coefficient (Wildman–Crippen LogP) is 4.98. The number of hydrogen-bond donors (Lipinski definition) is 0. The van der Waals surface area contributed by atoms with E-state index in [0.29, 0.717) is 23.7 Å². The molecule has 0 spiro atoms. The van der Waals surface area contributed by atoms with Gasteiger partial charge in [0.05, 0.1) is 16.2 Å². The molecular weight excluding hydrogens is 487 g/mol. The lowest BCUT2D eigenvalue weighted by Crippen LogP contribution is -2.07. The number of carbonyl (C=O) groups excluding carboxylic acids is 1. The van der Waals surface area contributed by atoms with E-state index in [2.05, 4.69) is 45.1 Å². The molecule has 0 bridgehead atoms. The summed E-state index contributed by atoms with van der Waals surface area (Å²) in [5.41, 5.74) is 1.44. The molecule has 126 valence electrons. The van der Waals surface area contributed by atoms with Crippen molar-refractivity contribution < 1.29 is 19.0 Å². The Bertz CT molecular complexity index is 729. The number of methoxy groups -OCH3 is 1. The zero-order chi connectivity index (χ0) is 17.5. The van der Waals surface area contributed by atoms with Gasteiger partial charge in [-0.25, -0.2) is 4.79 Å². The third-order valence-corrected chi connectivity index (χ3v) is 4.42. The summed E-state index contributed by atoms with van der Waals surface area (Å²) in [6.07, 6.45) is 1.52. The number of esters is 1. The normalized spacial score (nSPS) is 10.1. The van der Waals surface area contributed by atoms with Crippen molar-refractivity contribution in [2.45, 2.75) is 6.61 Å². The van der Waals surface area contributed by atoms with Crippen molar-refractivity contribution >= 4 is 44.5 Å². The Morgan fingerprint density at radius 2 is 2.00 bits per heavy atom. The molecule has 2 aromatic rings. The van der Waals surface area contributed by atoms with Crippen LogP contribution >= 0.6 is 38.5 Å². The van der Waals surface area contributed by atoms with E-state index in [0.717, 1.165) is 13.6 Å². The summed E-state index contributed by atoms with van der Waals surface area (Å²) in [5.74, 6) is 0.663. The highest BCUT2D eigenvalue weighted by Crippen LogP contribution is 2.34. The van der Waals surface area contributed by atoms with E-state index in [1.165, 1.54) is 13.2 Å². The molecule has 0 saturated carbocycles. The lowest BCUT2D eigenvalue weighted by molar-refractivity contribution is 0.0549. The Balaban J connectivity index is 2.18. The molecule has 24 heavy (non-hydrogen) atoms. The van der Waals surface area contributed by atoms with E-state index in [1.54, 1.807) is 12.1 Å². The van der Waals surface area contributed by atoms with Crippen LogP contribution in [-0.4, -0.2) is 19.7 Å². The van der Waals surface area contributed by atoms with Gasteiger partial charge in [0.1, 0.15) is 13.2 Å². The van der Waals surface area contributed by atoms with Gasteiger partial charge in [-0.15, -0.1) is 0 Å². The molecule has 0 amide bonds. The fourth-order valence-electron chi connectivity index (χ4n) is 1.93. The minimum Gasteiger partial charge on any atom is -0.493 e. The second kappa shape index (κ2) is 9.08. The maximum absolute atomic E-state index is 12.0. The molecule has 0 atom stereocenters. The highest BCUT2D eigenvalue weighted by atomic mass is 127. The van der Waals surface area contributed by atoms with Crippen molar-refractivity contribution in [2.24, 2.45) is 0 Å². The molecule has 6 heteroatoms. The average Bonchev–Trinajstić information content (AvgIpc) is 2.59. The van der Waals surface area contributed by atoms with Gasteiger partial charge in [-0.3, -0.25) is 0 Å². The van der Waals surface area contributed by atoms with Gasteiger partial charge < -0.3 is 14.2 Å². The lowest BCUT2D eigenvalue weighted by Gasteiger charge is -2.14. The Morgan fingerprint density at radius 3 is 2.62 bits per heavy atom. The molecule has 0 fully saturated rings. The van der Waals surface area contributed by atoms with Gasteiger partial charge in [-0.2, -0.15) is 0 Å². The standard InChI is InChI=1S/C18H16BrIO4/c1-3-8-23-18(21)13-9-15(20)17(16(10-13)22-2)24-11-12-4-6-14(19)7-5-12/h3-7,9-10H,1,8,11H2,2H3. The van der Waals surface area contributed by atoms with Crippen molar-refractivity contribution in [2.75, 3.05) is 13.7 Å². The molecule has 0 aromatic heterocycles. The first-order chi connectivity index (χ1) is 11.5. The van der Waals surface area contributed by atoms with E-state index in [-0.39, 0.29) is 6.61 Å². The van der Waals surface area contributed by atoms with Crippen molar-refractivity contribution in [1.29, 1.82) is 0 Å². The van der Waals surface area contributed by atoms with Gasteiger partial charge in [0.15, 0.2) is 11.5 Å². The Labute approximate surface area is 163 Å². The molecule has 0 N–H and O–H groups in total. The van der Waals surface area contributed by atoms with Crippen molar-refractivity contribution in [1.82, 2.24) is 0 Å². The van der Waals surface area contributed by atoms with Crippen LogP contribution in [0.15, 0.2) is 53.5 Å². The van der Waals surface area contributed by atoms with Gasteiger partial charge in [-0.05, 0) is 52.4 Å². The third kappa shape index (κ3) is 4.98. The van der Waals surface area contributed by atoms with Gasteiger partial charge in [0.2, 0.25) is 0 Å². The van der Waals surface area contributed by atoms with Crippen molar-refractivity contribution in [3.8, 4) is 11.5 Å². The van der Waals surface area contributed by atoms with Crippen LogP contribution in [0.4, 0.5) is 0 Å². The van der Waals surface area contributed by atoms with Crippen LogP contribution in [-0.2, 0) is 11.3 Å². The van der Waals surface area contributed by atoms with E-state index >= 15 is 0 Å². The first kappa shape index (κ1) is 18.8. The highest BCUT2D eigenvalue weighted by Gasteiger charge is 2.16. The van der Waals surface area contributed by atoms with Crippen LogP contribution in [0.3, 0.4) is 0 Å². The van der Waals surface area contributed by atoms with Crippen LogP contribution in [0.25, 0.3) is 0 Å². The van der Waals surface area contributed by atoms with Crippen LogP contribution in [0.5, 0.6) is 11.5 Å². The minimum atomic E-state index is -0.425. The van der Waals surface area contributed by atoms with Crippen molar-refractivity contribution in [3.05, 3.63) is 68.2 Å². The topological polar surface area (TPSA) is 44.8 Å². The van der Waals surface area contributed by atoms with Gasteiger partial charge in [0, 0.05) is 4.47 Å². The molecule has 4 nitrogen and oxygen atoms in total. The second-order valence-electron chi connectivity index (χ2n) is 4.79. The van der Waals surface area contributed by atoms with E-state index in [1.807, 2.05) is 24.3 Å². The van der Waals surface area contributed by atoms with Gasteiger partial charge >= 0.3 is 5.97 Å². The van der Waals surface area contributed by atoms with E-state index in [9.17, 15) is 4.79 Å². The highest BCUT2D eigenvalue weighted by molar-refractivity contribution is 14.1. The molecule has 0 saturated heterocycles. The third-order valence-electron chi connectivity index (χ3n) is 3.09. The number of ether oxygens (including phenoxy) is 3. The zero-order valence-electron chi connectivity index (χ0n) is 13.1. The van der Waals surface area contributed by atoms with Gasteiger partial charge in [-0.1, -0.05) is 40.7 Å². The molecular formula is C18H16BrIO4. The number of hydrogen-bond acceptors (Lipinski definition) is 4. The van der Waals surface area contributed by atoms with Gasteiger partial charge in [0.25, 0.3) is 0 Å². The van der Waals surface area contributed by atoms with Crippen LogP contribution in [0, 0.1) is 3.57 Å². The summed E-state index contributed by atoms with van der Waals surface area (Å²) >= 11 is 5.52. The summed E-state index contributed by atoms with van der Waals surface area (Å²) in [7, 11) is 1.54. The fourth-order valence-corrected chi connectivity index (χ4v) is 2.95. The quantitative estimate of drug-likeness (QED) is 0.304. The number of rotatable bonds is 7. The van der Waals surface area contributed by atoms with Crippen molar-refractivity contribution in [3.63, 3.8) is 0 Å². The molecule has 0 aliphatic carbocycles. The lowest BCUT2D eigenvalue weighted by atomic mass is 10.2. The summed E-state index contributed by atoms with van der Waals surface area (Å²) in [6, 6.07) is 11.2. The molecule has 0 radical (unpaired) electrons. The van der Waals surface area contributed by atoms with E-state index < -0.39 is 5.97 Å². The van der Waals surface area contributed by atoms with Crippen LogP contribution < -0.4 is 9.47 Å². The minimum absolute atomic E-state index is 0.166. The second-order valence-corrected chi connectivity index (χ2v) is 6.87. The first-order valence-corrected chi connectivity index (χ1v) is 8.95. The molecule has 2 aromatic carbocycles. The number of benzene rings is 2. The first-order valence-electron chi connectivity index (χ1n) is 7.08. The maximum atomic E-state index is 12.0. The monoisotopic (exact) mass is 502 g/mol. The summed E-state index contributed by atoms with van der Waals surface area (Å²) in [4.78, 5) is 12.0. The summed E-state index contributed by atoms with van der Waals surface area (Å²) in [6.45, 7) is 4.09. The molecule has 0 unspecified atom stereocenters. The summed E-state index contributed by atoms with van der Waals surface area (Å²) in [5, 5.41) is 0. The van der Waals surface area contributed by atoms with E-state index in [4.69, 9.17) is 14.2 Å². The summed E-state index contributed by atoms with van der Waals surface area (Å²) < 4.78 is 18.1. The SMILES string of the molecule is C=CCOC(=O)c1cc(I)c(OCc2ccc(Br)cc2)c(OC)c1. The average molecular weight is 503 g/mol. The largest absolute Gasteiger partial charge is 0.493 e. The van der Waals surface area contributed by atoms with Crippen LogP contribution in [0.1, 0.15) is 15.9 Å². The maximum Gasteiger partial charge on any atom is 0.338 e. The Hall–Kier alpha value is -1.54. The Morgan fingerprint density at radius 1 is 1.29 bits per heavy atom. The number of halogens is 2. The van der Waals surface area contributed by atoms with Crippen LogP contribution in [0.2, 0.25) is 0 Å². The molecule has 0 heterocycles. The predicted molar refractivity (Wildman–Crippen MR) is 105 cm³/mol. The zero-order valence-corrected chi connectivity index (χ0v) is 16.8. The molecule has 0 aliphatic rings.